The molecule has 39 heavy (non-hydrogen) atoms. The quantitative estimate of drug-likeness (QED) is 0.306. The van der Waals surface area contributed by atoms with E-state index in [0.717, 1.165) is 27.5 Å². The molecule has 9 heteroatoms. The molecule has 0 aliphatic rings. The molecule has 0 atom stereocenters. The van der Waals surface area contributed by atoms with Gasteiger partial charge in [-0.15, -0.1) is 0 Å². The fourth-order valence-electron chi connectivity index (χ4n) is 5.14. The number of nitrogens with two attached hydrogens (primary N) is 1. The summed E-state index contributed by atoms with van der Waals surface area (Å²) in [6.45, 7) is 5.19. The summed E-state index contributed by atoms with van der Waals surface area (Å²) in [6.07, 6.45) is 2.96. The average Bonchev–Trinajstić information content (AvgIpc) is 3.28. The minimum atomic E-state index is -1.18. The topological polar surface area (TPSA) is 127 Å². The number of primary amides is 1. The summed E-state index contributed by atoms with van der Waals surface area (Å²) in [5.41, 5.74) is 9.14. The van der Waals surface area contributed by atoms with Gasteiger partial charge in [0.1, 0.15) is 23.3 Å². The minimum Gasteiger partial charge on any atom is -0.384 e. The normalized spacial score (nSPS) is 12.0. The Morgan fingerprint density at radius 2 is 1.82 bits per heavy atom. The van der Waals surface area contributed by atoms with E-state index >= 15 is 0 Å². The summed E-state index contributed by atoms with van der Waals surface area (Å²) in [5, 5.41) is 12.3. The molecular formula is C30H24FN5O3. The first-order valence-electron chi connectivity index (χ1n) is 12.3. The van der Waals surface area contributed by atoms with Crippen molar-refractivity contribution in [1.82, 2.24) is 19.5 Å². The van der Waals surface area contributed by atoms with Crippen LogP contribution in [0.3, 0.4) is 0 Å². The van der Waals surface area contributed by atoms with Crippen molar-refractivity contribution in [3.8, 4) is 16.8 Å². The highest BCUT2D eigenvalue weighted by molar-refractivity contribution is 6.20. The maximum absolute atomic E-state index is 14.2. The largest absolute Gasteiger partial charge is 0.384 e. The fraction of sp³-hybridized carbons (Fsp3) is 0.133. The van der Waals surface area contributed by atoms with Crippen LogP contribution in [0.15, 0.2) is 71.9 Å². The lowest BCUT2D eigenvalue weighted by molar-refractivity contribution is 0.0740. The van der Waals surface area contributed by atoms with Crippen LogP contribution in [0.2, 0.25) is 0 Å². The summed E-state index contributed by atoms with van der Waals surface area (Å²) in [6, 6.07) is 15.1. The zero-order chi connectivity index (χ0) is 27.6. The number of halogens is 1. The van der Waals surface area contributed by atoms with Crippen molar-refractivity contribution >= 4 is 38.6 Å². The second-order valence-electron chi connectivity index (χ2n) is 10.1. The van der Waals surface area contributed by atoms with E-state index in [4.69, 9.17) is 5.73 Å². The van der Waals surface area contributed by atoms with Crippen molar-refractivity contribution in [3.63, 3.8) is 0 Å². The lowest BCUT2D eigenvalue weighted by atomic mass is 9.92. The van der Waals surface area contributed by atoms with Gasteiger partial charge in [0.2, 0.25) is 0 Å². The number of benzene rings is 3. The molecular weight excluding hydrogens is 497 g/mol. The molecule has 0 saturated carbocycles. The summed E-state index contributed by atoms with van der Waals surface area (Å²) in [7, 11) is 0. The molecule has 0 aliphatic heterocycles. The minimum absolute atomic E-state index is 0.0197. The Labute approximate surface area is 221 Å². The van der Waals surface area contributed by atoms with Gasteiger partial charge in [-0.2, -0.15) is 0 Å². The third kappa shape index (κ3) is 3.78. The Balaban J connectivity index is 1.65. The van der Waals surface area contributed by atoms with Crippen LogP contribution in [-0.2, 0) is 5.60 Å². The number of nitrogens with one attached hydrogen (secondary N) is 1. The Morgan fingerprint density at radius 3 is 2.56 bits per heavy atom. The van der Waals surface area contributed by atoms with Crippen LogP contribution in [0, 0.1) is 12.7 Å². The lowest BCUT2D eigenvalue weighted by Crippen LogP contribution is -2.20. The number of carbonyl (C=O) groups is 1. The van der Waals surface area contributed by atoms with E-state index in [0.29, 0.717) is 28.0 Å². The van der Waals surface area contributed by atoms with Crippen LogP contribution in [0.4, 0.5) is 4.39 Å². The van der Waals surface area contributed by atoms with Crippen LogP contribution < -0.4 is 11.3 Å². The number of fused-ring (bicyclic) bond motifs is 4. The molecule has 0 radical (unpaired) electrons. The molecule has 0 spiro atoms. The third-order valence-electron chi connectivity index (χ3n) is 7.12. The van der Waals surface area contributed by atoms with Crippen LogP contribution in [0.1, 0.15) is 35.5 Å². The van der Waals surface area contributed by atoms with Crippen LogP contribution in [0.5, 0.6) is 0 Å². The number of nitrogens with zero attached hydrogens (tertiary/aromatic N) is 3. The number of pyridine rings is 1. The van der Waals surface area contributed by atoms with Gasteiger partial charge in [-0.25, -0.2) is 9.37 Å². The van der Waals surface area contributed by atoms with Crippen molar-refractivity contribution in [2.24, 2.45) is 5.73 Å². The van der Waals surface area contributed by atoms with Gasteiger partial charge in [-0.1, -0.05) is 24.3 Å². The smallest absolute Gasteiger partial charge is 0.265 e. The molecule has 3 heterocycles. The second-order valence-corrected chi connectivity index (χ2v) is 10.1. The average molecular weight is 522 g/mol. The van der Waals surface area contributed by atoms with E-state index in [9.17, 15) is 19.1 Å². The molecule has 194 valence electrons. The standard InChI is InChI=1S/C30H24FN5O3/c1-15-16(6-5-9-23(15)36-14-34-26-19(29(36)38)7-4-8-21(26)31)17-10-11-18(28(32)37)27-25(17)20-12-24(30(2,3)39)33-13-22(20)35-27/h4-14,35,39H,1-3H3,(H2,32,37). The second kappa shape index (κ2) is 8.57. The van der Waals surface area contributed by atoms with Crippen molar-refractivity contribution in [3.05, 3.63) is 100 Å². The van der Waals surface area contributed by atoms with Crippen molar-refractivity contribution < 1.29 is 14.3 Å². The highest BCUT2D eigenvalue weighted by Crippen LogP contribution is 2.39. The number of aromatic amines is 1. The molecule has 6 aromatic rings. The number of carbonyl (C=O) groups excluding carboxylic acids is 1. The van der Waals surface area contributed by atoms with Gasteiger partial charge in [0.15, 0.2) is 0 Å². The molecule has 0 fully saturated rings. The first-order chi connectivity index (χ1) is 18.6. The number of H-pyrrole nitrogens is 1. The molecule has 4 N–H and O–H groups in total. The van der Waals surface area contributed by atoms with Crippen molar-refractivity contribution in [2.45, 2.75) is 26.4 Å². The molecule has 6 rings (SSSR count). The summed E-state index contributed by atoms with van der Waals surface area (Å²) in [4.78, 5) is 37.5. The summed E-state index contributed by atoms with van der Waals surface area (Å²) < 4.78 is 15.6. The Bertz CT molecular complexity index is 2040. The Hall–Kier alpha value is -4.89. The highest BCUT2D eigenvalue weighted by Gasteiger charge is 2.23. The van der Waals surface area contributed by atoms with Crippen molar-refractivity contribution in [2.75, 3.05) is 0 Å². The number of hydrogen-bond donors (Lipinski definition) is 3. The summed E-state index contributed by atoms with van der Waals surface area (Å²) >= 11 is 0. The van der Waals surface area contributed by atoms with E-state index in [-0.39, 0.29) is 16.5 Å². The van der Waals surface area contributed by atoms with Crippen molar-refractivity contribution in [1.29, 1.82) is 0 Å². The number of aliphatic hydroxyl groups is 1. The number of amides is 1. The number of para-hydroxylation sites is 1. The monoisotopic (exact) mass is 521 g/mol. The molecule has 0 aliphatic carbocycles. The molecule has 1 amide bonds. The maximum atomic E-state index is 14.2. The van der Waals surface area contributed by atoms with E-state index in [1.807, 2.05) is 25.1 Å². The van der Waals surface area contributed by atoms with Crippen LogP contribution >= 0.6 is 0 Å². The molecule has 3 aromatic carbocycles. The SMILES string of the molecule is Cc1c(-c2ccc(C(N)=O)c3[nH]c4cnc(C(C)(C)O)cc4c23)cccc1-n1cnc2c(F)cccc2c1=O. The first kappa shape index (κ1) is 24.4. The van der Waals surface area contributed by atoms with Crippen LogP contribution in [-0.4, -0.2) is 30.5 Å². The van der Waals surface area contributed by atoms with E-state index in [2.05, 4.69) is 15.0 Å². The molecule has 0 bridgehead atoms. The van der Waals surface area contributed by atoms with Crippen LogP contribution in [0.25, 0.3) is 49.5 Å². The molecule has 3 aromatic heterocycles. The van der Waals surface area contributed by atoms with Gasteiger partial charge in [0, 0.05) is 10.8 Å². The highest BCUT2D eigenvalue weighted by atomic mass is 19.1. The lowest BCUT2D eigenvalue weighted by Gasteiger charge is -2.17. The zero-order valence-electron chi connectivity index (χ0n) is 21.4. The van der Waals surface area contributed by atoms with E-state index < -0.39 is 17.3 Å². The van der Waals surface area contributed by atoms with E-state index in [1.165, 1.54) is 23.0 Å². The summed E-state index contributed by atoms with van der Waals surface area (Å²) in [5.74, 6) is -1.14. The molecule has 0 saturated heterocycles. The van der Waals surface area contributed by atoms with Gasteiger partial charge >= 0.3 is 0 Å². The number of aromatic nitrogens is 4. The van der Waals surface area contributed by atoms with Gasteiger partial charge in [0.25, 0.3) is 11.5 Å². The maximum Gasteiger partial charge on any atom is 0.265 e. The number of rotatable bonds is 4. The zero-order valence-corrected chi connectivity index (χ0v) is 21.4. The van der Waals surface area contributed by atoms with Gasteiger partial charge in [-0.3, -0.25) is 19.1 Å². The van der Waals surface area contributed by atoms with Gasteiger partial charge < -0.3 is 15.8 Å². The Kier molecular flexibility index (Phi) is 5.37. The molecule has 8 nitrogen and oxygen atoms in total. The molecule has 0 unspecified atom stereocenters. The third-order valence-corrected chi connectivity index (χ3v) is 7.12. The predicted molar refractivity (Wildman–Crippen MR) is 148 cm³/mol. The van der Waals surface area contributed by atoms with E-state index in [1.54, 1.807) is 44.3 Å². The van der Waals surface area contributed by atoms with Gasteiger partial charge in [0.05, 0.1) is 39.6 Å². The number of hydrogen-bond acceptors (Lipinski definition) is 5. The fourth-order valence-corrected chi connectivity index (χ4v) is 5.14. The first-order valence-corrected chi connectivity index (χ1v) is 12.3. The predicted octanol–water partition coefficient (Wildman–Crippen LogP) is 4.86. The van der Waals surface area contributed by atoms with Gasteiger partial charge in [-0.05, 0) is 67.8 Å². The Morgan fingerprint density at radius 1 is 1.05 bits per heavy atom.